The number of carbonyl (C=O) groups is 2. The van der Waals surface area contributed by atoms with E-state index in [0.717, 1.165) is 6.42 Å². The second-order valence-corrected chi connectivity index (χ2v) is 6.07. The van der Waals surface area contributed by atoms with Gasteiger partial charge >= 0.3 is 5.97 Å². The lowest BCUT2D eigenvalue weighted by molar-refractivity contribution is 0.0696. The predicted octanol–water partition coefficient (Wildman–Crippen LogP) is 4.48. The Labute approximate surface area is 156 Å². The molecule has 2 aromatic carbocycles. The van der Waals surface area contributed by atoms with Crippen molar-refractivity contribution in [1.29, 1.82) is 0 Å². The van der Waals surface area contributed by atoms with Gasteiger partial charge in [-0.15, -0.1) is 0 Å². The predicted molar refractivity (Wildman–Crippen MR) is 99.7 cm³/mol. The van der Waals surface area contributed by atoms with Crippen LogP contribution in [0.15, 0.2) is 36.4 Å². The van der Waals surface area contributed by atoms with Crippen molar-refractivity contribution in [2.75, 3.05) is 12.4 Å². The summed E-state index contributed by atoms with van der Waals surface area (Å²) in [6, 6.07) is 9.30. The molecule has 0 fully saturated rings. The second-order valence-electron chi connectivity index (χ2n) is 5.66. The third-order valence-corrected chi connectivity index (χ3v) is 4.03. The summed E-state index contributed by atoms with van der Waals surface area (Å²) in [6.45, 7) is 3.95. The lowest BCUT2D eigenvalue weighted by Crippen LogP contribution is -2.14. The highest BCUT2D eigenvalue weighted by molar-refractivity contribution is 6.33. The number of ether oxygens (including phenoxy) is 2. The molecule has 0 aliphatic heterocycles. The highest BCUT2D eigenvalue weighted by Gasteiger charge is 2.17. The van der Waals surface area contributed by atoms with E-state index in [1.54, 1.807) is 24.3 Å². The minimum Gasteiger partial charge on any atom is -0.493 e. The number of carboxylic acids is 1. The number of carbonyl (C=O) groups excluding carboxylic acids is 1. The number of carboxylic acid groups (broad SMARTS) is 1. The number of methoxy groups -OCH3 is 1. The number of rotatable bonds is 7. The molecule has 0 aliphatic carbocycles. The second kappa shape index (κ2) is 8.58. The zero-order chi connectivity index (χ0) is 19.3. The number of halogens is 1. The van der Waals surface area contributed by atoms with Crippen molar-refractivity contribution in [2.45, 2.75) is 26.4 Å². The number of benzene rings is 2. The Bertz CT molecular complexity index is 822. The Balaban J connectivity index is 2.30. The van der Waals surface area contributed by atoms with Gasteiger partial charge < -0.3 is 19.9 Å². The van der Waals surface area contributed by atoms with E-state index in [9.17, 15) is 9.59 Å². The lowest BCUT2D eigenvalue weighted by atomic mass is 10.1. The van der Waals surface area contributed by atoms with Crippen molar-refractivity contribution in [3.8, 4) is 11.5 Å². The summed E-state index contributed by atoms with van der Waals surface area (Å²) in [4.78, 5) is 23.8. The van der Waals surface area contributed by atoms with Gasteiger partial charge in [0.25, 0.3) is 5.91 Å². The Morgan fingerprint density at radius 3 is 2.58 bits per heavy atom. The lowest BCUT2D eigenvalue weighted by Gasteiger charge is -2.15. The molecular weight excluding hydrogens is 358 g/mol. The van der Waals surface area contributed by atoms with Gasteiger partial charge in [-0.05, 0) is 43.7 Å². The van der Waals surface area contributed by atoms with Crippen LogP contribution in [0, 0.1) is 0 Å². The molecule has 0 saturated heterocycles. The highest BCUT2D eigenvalue weighted by Crippen LogP contribution is 2.34. The summed E-state index contributed by atoms with van der Waals surface area (Å²) in [5.41, 5.74) is 0.486. The third kappa shape index (κ3) is 4.67. The number of hydrogen-bond acceptors (Lipinski definition) is 4. The average Bonchev–Trinajstić information content (AvgIpc) is 2.61. The summed E-state index contributed by atoms with van der Waals surface area (Å²) >= 11 is 6.05. The summed E-state index contributed by atoms with van der Waals surface area (Å²) in [5, 5.41) is 11.9. The quantitative estimate of drug-likeness (QED) is 0.743. The largest absolute Gasteiger partial charge is 0.493 e. The van der Waals surface area contributed by atoms with Crippen LogP contribution in [0.1, 0.15) is 41.0 Å². The van der Waals surface area contributed by atoms with Gasteiger partial charge in [0.15, 0.2) is 5.75 Å². The minimum absolute atomic E-state index is 0.0273. The van der Waals surface area contributed by atoms with Gasteiger partial charge in [0.05, 0.1) is 29.5 Å². The molecule has 7 heteroatoms. The van der Waals surface area contributed by atoms with Crippen molar-refractivity contribution in [3.63, 3.8) is 0 Å². The maximum atomic E-state index is 12.6. The molecule has 1 atom stereocenters. The van der Waals surface area contributed by atoms with Crippen LogP contribution in [0.5, 0.6) is 11.5 Å². The Kier molecular flexibility index (Phi) is 6.46. The number of aromatic carboxylic acids is 1. The van der Waals surface area contributed by atoms with E-state index in [2.05, 4.69) is 5.32 Å². The highest BCUT2D eigenvalue weighted by atomic mass is 35.5. The molecular formula is C19H20ClNO5. The molecule has 0 aromatic heterocycles. The van der Waals surface area contributed by atoms with E-state index >= 15 is 0 Å². The molecule has 26 heavy (non-hydrogen) atoms. The SMILES string of the molecule is CC[C@H](C)Oc1cccc(C(=O)Nc2cc(C(=O)O)cc(Cl)c2OC)c1. The number of nitrogens with one attached hydrogen (secondary N) is 1. The molecule has 138 valence electrons. The Hall–Kier alpha value is -2.73. The first kappa shape index (κ1) is 19.6. The first-order chi connectivity index (χ1) is 12.3. The van der Waals surface area contributed by atoms with Crippen LogP contribution in [-0.4, -0.2) is 30.2 Å². The maximum absolute atomic E-state index is 12.6. The minimum atomic E-state index is -1.16. The molecule has 0 saturated carbocycles. The smallest absolute Gasteiger partial charge is 0.335 e. The van der Waals surface area contributed by atoms with Crippen molar-refractivity contribution >= 4 is 29.2 Å². The third-order valence-electron chi connectivity index (χ3n) is 3.75. The standard InChI is InChI=1S/C19H20ClNO5/c1-4-11(2)26-14-7-5-6-12(8-14)18(22)21-16-10-13(19(23)24)9-15(20)17(16)25-3/h5-11H,4H2,1-3H3,(H,21,22)(H,23,24)/t11-/m0/s1. The van der Waals surface area contributed by atoms with Gasteiger partial charge in [0.1, 0.15) is 5.75 Å². The van der Waals surface area contributed by atoms with Crippen LogP contribution in [0.3, 0.4) is 0 Å². The average molecular weight is 378 g/mol. The topological polar surface area (TPSA) is 84.9 Å². The van der Waals surface area contributed by atoms with E-state index in [0.29, 0.717) is 11.3 Å². The first-order valence-electron chi connectivity index (χ1n) is 8.04. The van der Waals surface area contributed by atoms with E-state index in [-0.39, 0.29) is 28.1 Å². The summed E-state index contributed by atoms with van der Waals surface area (Å²) in [7, 11) is 1.39. The molecule has 2 N–H and O–H groups in total. The van der Waals surface area contributed by atoms with E-state index in [1.807, 2.05) is 13.8 Å². The molecule has 0 radical (unpaired) electrons. The number of amides is 1. The molecule has 0 bridgehead atoms. The summed E-state index contributed by atoms with van der Waals surface area (Å²) in [5.74, 6) is -0.821. The molecule has 0 spiro atoms. The molecule has 0 unspecified atom stereocenters. The van der Waals surface area contributed by atoms with Crippen LogP contribution < -0.4 is 14.8 Å². The van der Waals surface area contributed by atoms with Gasteiger partial charge in [-0.1, -0.05) is 24.6 Å². The summed E-state index contributed by atoms with van der Waals surface area (Å²) < 4.78 is 10.9. The fourth-order valence-electron chi connectivity index (χ4n) is 2.24. The Morgan fingerprint density at radius 2 is 1.96 bits per heavy atom. The summed E-state index contributed by atoms with van der Waals surface area (Å²) in [6.07, 6.45) is 0.869. The van der Waals surface area contributed by atoms with Crippen LogP contribution in [0.25, 0.3) is 0 Å². The van der Waals surface area contributed by atoms with E-state index < -0.39 is 11.9 Å². The normalized spacial score (nSPS) is 11.5. The van der Waals surface area contributed by atoms with Crippen molar-refractivity contribution in [2.24, 2.45) is 0 Å². The molecule has 0 aliphatic rings. The first-order valence-corrected chi connectivity index (χ1v) is 8.42. The maximum Gasteiger partial charge on any atom is 0.335 e. The Morgan fingerprint density at radius 1 is 1.23 bits per heavy atom. The number of anilines is 1. The van der Waals surface area contributed by atoms with Crippen molar-refractivity contribution in [1.82, 2.24) is 0 Å². The molecule has 2 aromatic rings. The van der Waals surface area contributed by atoms with Crippen LogP contribution in [0.2, 0.25) is 5.02 Å². The van der Waals surface area contributed by atoms with Gasteiger partial charge in [0.2, 0.25) is 0 Å². The van der Waals surface area contributed by atoms with Gasteiger partial charge in [-0.3, -0.25) is 4.79 Å². The van der Waals surface area contributed by atoms with Gasteiger partial charge in [0, 0.05) is 5.56 Å². The van der Waals surface area contributed by atoms with E-state index in [1.165, 1.54) is 19.2 Å². The van der Waals surface area contributed by atoms with Crippen LogP contribution in [-0.2, 0) is 0 Å². The fourth-order valence-corrected chi connectivity index (χ4v) is 2.53. The molecule has 6 nitrogen and oxygen atoms in total. The molecule has 2 rings (SSSR count). The van der Waals surface area contributed by atoms with Crippen LogP contribution in [0.4, 0.5) is 5.69 Å². The molecule has 0 heterocycles. The zero-order valence-electron chi connectivity index (χ0n) is 14.7. The van der Waals surface area contributed by atoms with Gasteiger partial charge in [-0.2, -0.15) is 0 Å². The van der Waals surface area contributed by atoms with Gasteiger partial charge in [-0.25, -0.2) is 4.79 Å². The fraction of sp³-hybridized carbons (Fsp3) is 0.263. The molecule has 1 amide bonds. The monoisotopic (exact) mass is 377 g/mol. The zero-order valence-corrected chi connectivity index (χ0v) is 15.5. The van der Waals surface area contributed by atoms with Crippen molar-refractivity contribution < 1.29 is 24.2 Å². The van der Waals surface area contributed by atoms with E-state index in [4.69, 9.17) is 26.2 Å². The van der Waals surface area contributed by atoms with Crippen LogP contribution >= 0.6 is 11.6 Å². The number of hydrogen-bond donors (Lipinski definition) is 2. The van der Waals surface area contributed by atoms with Crippen molar-refractivity contribution in [3.05, 3.63) is 52.5 Å².